The highest BCUT2D eigenvalue weighted by Crippen LogP contribution is 2.31. The van der Waals surface area contributed by atoms with E-state index in [1.54, 1.807) is 102 Å². The van der Waals surface area contributed by atoms with Crippen LogP contribution in [0.3, 0.4) is 0 Å². The zero-order chi connectivity index (χ0) is 94.5. The molecule has 2 fully saturated rings. The third kappa shape index (κ3) is 22.2. The Labute approximate surface area is 778 Å². The van der Waals surface area contributed by atoms with Crippen molar-refractivity contribution in [1.29, 1.82) is 0 Å². The van der Waals surface area contributed by atoms with Crippen molar-refractivity contribution in [2.75, 3.05) is 0 Å². The highest BCUT2D eigenvalue weighted by Gasteiger charge is 2.25. The second-order valence-electron chi connectivity index (χ2n) is 35.8. The minimum atomic E-state index is -0.178. The summed E-state index contributed by atoms with van der Waals surface area (Å²) in [6, 6.07) is 23.4. The van der Waals surface area contributed by atoms with Crippen LogP contribution in [0.15, 0.2) is 188 Å². The summed E-state index contributed by atoms with van der Waals surface area (Å²) in [4.78, 5) is 131. The van der Waals surface area contributed by atoms with Gasteiger partial charge in [-0.25, -0.2) is 58.0 Å². The average Bonchev–Trinajstić information content (AvgIpc) is 1.70. The largest absolute Gasteiger partial charge is 0.619 e. The number of hydrogen-bond donors (Lipinski definition) is 6. The van der Waals surface area contributed by atoms with E-state index in [1.807, 2.05) is 108 Å². The normalized spacial score (nSPS) is 13.0. The Balaban J connectivity index is 0.000000130. The molecule has 2 aromatic carbocycles. The van der Waals surface area contributed by atoms with Crippen LogP contribution in [0, 0.1) is 82.3 Å². The highest BCUT2D eigenvalue weighted by molar-refractivity contribution is 5.80. The lowest BCUT2D eigenvalue weighted by atomic mass is 9.99. The van der Waals surface area contributed by atoms with Crippen molar-refractivity contribution in [3.8, 4) is 34.1 Å². The van der Waals surface area contributed by atoms with Crippen molar-refractivity contribution >= 4 is 66.2 Å². The molecule has 35 heteroatoms. The number of hydrogen-bond acceptors (Lipinski definition) is 22. The molecule has 2 saturated carbocycles. The van der Waals surface area contributed by atoms with E-state index in [9.17, 15) is 34.0 Å². The smallest absolute Gasteiger partial charge is 0.262 e. The van der Waals surface area contributed by atoms with Crippen molar-refractivity contribution in [2.45, 2.75) is 214 Å². The van der Waals surface area contributed by atoms with Gasteiger partial charge in [-0.3, -0.25) is 43.7 Å². The Morgan fingerprint density at radius 1 is 0.341 bits per heavy atom. The van der Waals surface area contributed by atoms with Crippen LogP contribution in [-0.4, -0.2) is 133 Å². The summed E-state index contributed by atoms with van der Waals surface area (Å²) in [5.41, 5.74) is 13.9. The Bertz CT molecular complexity index is 7310. The zero-order valence-corrected chi connectivity index (χ0v) is 78.2. The number of rotatable bonds is 21. The van der Waals surface area contributed by atoms with Crippen molar-refractivity contribution in [3.05, 3.63) is 295 Å². The molecular formula is C100H118N28O7. The van der Waals surface area contributed by atoms with Gasteiger partial charge in [0, 0.05) is 63.2 Å². The van der Waals surface area contributed by atoms with E-state index in [1.165, 1.54) is 70.0 Å². The predicted octanol–water partition coefficient (Wildman–Crippen LogP) is 15.4. The standard InChI is InChI=1S/C17H19N5O2.C17H19N5O.C17H21N5O.C16H19N5O.2C16H18N4O.CH4/c1-11-6-7-21(24)10-14(11)22-16-13(9-18-22)17(23)20-15(19-16)8-12-4-2-3-5-12;1-11-6-7-18-10-14(11)22-16-13(9-19-22)17(23)21-15(20-16)8-12-4-2-3-5-12;1-4-12(5-2)8-15-20-16-13(17(23)21-15)9-19-22(16)14-10-18-7-6-11(14)3;1-4-10(2)7-14-19-15-12(16(22)20-14)8-18-21(15)13-9-17-6-5-11(13)3;2*1-10(2)8-14-18-15-12(16(21)19-14)9-17-20(15)13-7-5-4-6-11(13)3;/h6-7,9-10,12H,2-5,8H2,1H3,(H,19,20,23);6-7,9-10,12H,2-5,8H2,1H3,(H,20,21,23);6-7,9-10,12H,4-5,8H2,1-3H3,(H,20,21,23);5-6,8-10H,4,7H2,1-3H3,(H,19,20,22);2*4-7,9-10H,8H2,1-3H3,(H,18,19,21);1H4. The molecule has 700 valence electrons. The van der Waals surface area contributed by atoms with E-state index in [4.69, 9.17) is 4.98 Å². The highest BCUT2D eigenvalue weighted by atomic mass is 16.5. The first kappa shape index (κ1) is 96.0. The average molecular weight is 1820 g/mol. The van der Waals surface area contributed by atoms with Gasteiger partial charge in [0.15, 0.2) is 40.1 Å². The van der Waals surface area contributed by atoms with Crippen LogP contribution in [0.4, 0.5) is 0 Å². The van der Waals surface area contributed by atoms with Gasteiger partial charge in [0.1, 0.15) is 73.0 Å². The molecule has 16 aromatic heterocycles. The Hall–Kier alpha value is -15.1. The summed E-state index contributed by atoms with van der Waals surface area (Å²) in [7, 11) is 0. The Morgan fingerprint density at radius 2 is 0.615 bits per heavy atom. The van der Waals surface area contributed by atoms with Gasteiger partial charge in [-0.2, -0.15) is 35.3 Å². The minimum Gasteiger partial charge on any atom is -0.619 e. The number of fused-ring (bicyclic) bond motifs is 6. The van der Waals surface area contributed by atoms with E-state index < -0.39 is 0 Å². The third-order valence-corrected chi connectivity index (χ3v) is 24.7. The lowest BCUT2D eigenvalue weighted by Gasteiger charge is -2.11. The number of nitrogens with one attached hydrogen (secondary N) is 6. The van der Waals surface area contributed by atoms with Crippen LogP contribution < -0.4 is 38.1 Å². The number of para-hydroxylation sites is 2. The van der Waals surface area contributed by atoms with E-state index in [0.717, 1.165) is 136 Å². The van der Waals surface area contributed by atoms with Gasteiger partial charge in [-0.1, -0.05) is 170 Å². The molecule has 2 aliphatic carbocycles. The van der Waals surface area contributed by atoms with Gasteiger partial charge in [0.25, 0.3) is 33.4 Å². The molecule has 135 heavy (non-hydrogen) atoms. The molecule has 1 unspecified atom stereocenters. The molecule has 0 saturated heterocycles. The molecule has 0 spiro atoms. The lowest BCUT2D eigenvalue weighted by molar-refractivity contribution is -0.605. The molecule has 18 aromatic rings. The van der Waals surface area contributed by atoms with Gasteiger partial charge in [-0.05, 0) is 141 Å². The molecule has 20 rings (SSSR count). The van der Waals surface area contributed by atoms with Crippen molar-refractivity contribution < 1.29 is 4.73 Å². The molecule has 35 nitrogen and oxygen atoms in total. The van der Waals surface area contributed by atoms with Crippen LogP contribution in [0.1, 0.15) is 202 Å². The first-order valence-corrected chi connectivity index (χ1v) is 46.1. The van der Waals surface area contributed by atoms with Gasteiger partial charge < -0.3 is 35.1 Å². The van der Waals surface area contributed by atoms with Crippen LogP contribution in [0.25, 0.3) is 100 Å². The first-order chi connectivity index (χ1) is 64.7. The summed E-state index contributed by atoms with van der Waals surface area (Å²) in [5.74, 6) is 7.37. The summed E-state index contributed by atoms with van der Waals surface area (Å²) >= 11 is 0. The van der Waals surface area contributed by atoms with Gasteiger partial charge in [0.05, 0.1) is 84.2 Å². The second kappa shape index (κ2) is 43.1. The summed E-state index contributed by atoms with van der Waals surface area (Å²) in [6.45, 7) is 28.9. The van der Waals surface area contributed by atoms with E-state index in [0.29, 0.717) is 131 Å². The summed E-state index contributed by atoms with van der Waals surface area (Å²) < 4.78 is 10.9. The number of aromatic amines is 6. The fourth-order valence-corrected chi connectivity index (χ4v) is 16.9. The van der Waals surface area contributed by atoms with Crippen LogP contribution >= 0.6 is 0 Å². The molecule has 0 bridgehead atoms. The predicted molar refractivity (Wildman–Crippen MR) is 524 cm³/mol. The van der Waals surface area contributed by atoms with Crippen molar-refractivity contribution in [2.24, 2.45) is 35.5 Å². The fourth-order valence-electron chi connectivity index (χ4n) is 16.9. The summed E-state index contributed by atoms with van der Waals surface area (Å²) in [5, 5.41) is 40.6. The second-order valence-corrected chi connectivity index (χ2v) is 35.8. The first-order valence-electron chi connectivity index (χ1n) is 46.1. The van der Waals surface area contributed by atoms with Crippen molar-refractivity contribution in [1.82, 2.24) is 133 Å². The fraction of sp³-hybridized carbons (Fsp3) is 0.380. The molecule has 6 N–H and O–H groups in total. The topological polar surface area (TPSA) is 447 Å². The van der Waals surface area contributed by atoms with Crippen LogP contribution in [0.5, 0.6) is 0 Å². The minimum absolute atomic E-state index is 0. The number of aromatic nitrogens is 28. The van der Waals surface area contributed by atoms with Crippen LogP contribution in [-0.2, 0) is 38.5 Å². The SMILES string of the molecule is C.CCC(C)Cc1nc2c(cnn2-c2cnccc2C)c(=O)[nH]1.CCC(CC)Cc1nc2c(cnn2-c2cnccc2C)c(=O)[nH]1.Cc1cc[n+]([O-])cc1-n1ncc2c(=O)[nH]c(CC3CCCC3)nc21.Cc1ccccc1-n1ncc2c(=O)[nH]c(CC(C)C)nc21.Cc1ccccc1-n1ncc2c(=O)[nH]c(CC(C)C)nc21.Cc1ccncc1-n1ncc2c(=O)[nH]c(CC3CCCC3)nc21. The maximum Gasteiger partial charge on any atom is 0.262 e. The lowest BCUT2D eigenvalue weighted by Crippen LogP contribution is -2.26. The number of benzene rings is 2. The maximum atomic E-state index is 12.4. The molecule has 1 atom stereocenters. The quantitative estimate of drug-likeness (QED) is 0.0287. The number of pyridine rings is 4. The molecule has 16 heterocycles. The van der Waals surface area contributed by atoms with E-state index in [-0.39, 0.29) is 40.8 Å². The maximum absolute atomic E-state index is 12.4. The van der Waals surface area contributed by atoms with Crippen LogP contribution in [0.2, 0.25) is 0 Å². The molecule has 2 aliphatic rings. The molecule has 0 radical (unpaired) electrons. The number of nitrogens with zero attached hydrogens (tertiary/aromatic N) is 22. The van der Waals surface area contributed by atoms with Gasteiger partial charge in [-0.15, -0.1) is 0 Å². The van der Waals surface area contributed by atoms with E-state index in [2.05, 4.69) is 156 Å². The van der Waals surface area contributed by atoms with Crippen molar-refractivity contribution in [3.63, 3.8) is 0 Å². The summed E-state index contributed by atoms with van der Waals surface area (Å²) in [6.07, 6.45) is 40.4. The zero-order valence-electron chi connectivity index (χ0n) is 78.2. The monoisotopic (exact) mass is 1820 g/mol. The van der Waals surface area contributed by atoms with E-state index >= 15 is 0 Å². The Morgan fingerprint density at radius 3 is 0.919 bits per heavy atom. The Kier molecular flexibility index (Phi) is 30.6. The number of aryl methyl sites for hydroxylation is 6. The van der Waals surface area contributed by atoms with Gasteiger partial charge >= 0.3 is 0 Å². The molecular weight excluding hydrogens is 1710 g/mol. The number of H-pyrrole nitrogens is 6. The third-order valence-electron chi connectivity index (χ3n) is 24.7. The molecule has 0 aliphatic heterocycles. The molecule has 0 amide bonds. The van der Waals surface area contributed by atoms with Gasteiger partial charge in [0.2, 0.25) is 6.20 Å².